The molecule has 0 aliphatic carbocycles. The fourth-order valence-corrected chi connectivity index (χ4v) is 2.80. The molecule has 114 valence electrons. The lowest BCUT2D eigenvalue weighted by Crippen LogP contribution is -2.24. The van der Waals surface area contributed by atoms with Crippen LogP contribution in [0.3, 0.4) is 0 Å². The van der Waals surface area contributed by atoms with E-state index >= 15 is 0 Å². The number of nitrogens with one attached hydrogen (secondary N) is 2. The van der Waals surface area contributed by atoms with Crippen LogP contribution >= 0.6 is 11.3 Å². The molecule has 0 spiro atoms. The molecule has 22 heavy (non-hydrogen) atoms. The Bertz CT molecular complexity index is 807. The molecule has 0 bridgehead atoms. The van der Waals surface area contributed by atoms with Gasteiger partial charge in [0, 0.05) is 19.0 Å². The summed E-state index contributed by atoms with van der Waals surface area (Å²) in [5.74, 6) is 0.562. The van der Waals surface area contributed by atoms with Crippen LogP contribution in [0.2, 0.25) is 0 Å². The Hall–Kier alpha value is -2.41. The highest BCUT2D eigenvalue weighted by molar-refractivity contribution is 7.14. The van der Waals surface area contributed by atoms with Crippen LogP contribution < -0.4 is 10.6 Å². The molecule has 1 amide bonds. The van der Waals surface area contributed by atoms with E-state index in [0.29, 0.717) is 23.3 Å². The summed E-state index contributed by atoms with van der Waals surface area (Å²) in [6.07, 6.45) is 0.904. The number of aromatic nitrogens is 3. The number of thiazole rings is 1. The van der Waals surface area contributed by atoms with Gasteiger partial charge in [-0.3, -0.25) is 4.79 Å². The van der Waals surface area contributed by atoms with Gasteiger partial charge in [-0.15, -0.1) is 11.3 Å². The van der Waals surface area contributed by atoms with E-state index in [9.17, 15) is 4.79 Å². The van der Waals surface area contributed by atoms with E-state index in [4.69, 9.17) is 0 Å². The molecule has 0 unspecified atom stereocenters. The molecule has 0 aliphatic rings. The first-order valence-corrected chi connectivity index (χ1v) is 7.99. The number of benzene rings is 1. The van der Waals surface area contributed by atoms with Gasteiger partial charge in [0.25, 0.3) is 5.91 Å². The summed E-state index contributed by atoms with van der Waals surface area (Å²) in [7, 11) is 1.94. The Morgan fingerprint density at radius 2 is 2.14 bits per heavy atom. The Balaban J connectivity index is 1.79. The number of hydrogen-bond donors (Lipinski definition) is 2. The Morgan fingerprint density at radius 3 is 2.91 bits per heavy atom. The number of para-hydroxylation sites is 2. The molecular formula is C15H17N5OS. The molecule has 6 nitrogen and oxygen atoms in total. The predicted octanol–water partition coefficient (Wildman–Crippen LogP) is 2.91. The van der Waals surface area contributed by atoms with E-state index in [1.165, 1.54) is 11.3 Å². The van der Waals surface area contributed by atoms with Crippen molar-refractivity contribution in [2.75, 3.05) is 11.9 Å². The summed E-state index contributed by atoms with van der Waals surface area (Å²) in [5, 5.41) is 8.39. The minimum atomic E-state index is -0.142. The number of hydrogen-bond acceptors (Lipinski definition) is 5. The number of nitrogens with zero attached hydrogens (tertiary/aromatic N) is 3. The van der Waals surface area contributed by atoms with E-state index in [2.05, 4.69) is 20.6 Å². The number of carbonyl (C=O) groups is 1. The second-order valence-electron chi connectivity index (χ2n) is 4.90. The third-order valence-corrected chi connectivity index (χ3v) is 4.04. The predicted molar refractivity (Wildman–Crippen MR) is 88.7 cm³/mol. The highest BCUT2D eigenvalue weighted by Gasteiger charge is 2.12. The maximum Gasteiger partial charge on any atom is 0.270 e. The molecular weight excluding hydrogens is 298 g/mol. The molecule has 7 heteroatoms. The Labute approximate surface area is 132 Å². The molecule has 2 heterocycles. The molecule has 3 aromatic rings. The summed E-state index contributed by atoms with van der Waals surface area (Å²) < 4.78 is 1.97. The average Bonchev–Trinajstić information content (AvgIpc) is 3.11. The Kier molecular flexibility index (Phi) is 4.06. The SMILES string of the molecule is CCCNC(=O)c1csc(Nc2nc3ccccc3n2C)n1. The second-order valence-corrected chi connectivity index (χ2v) is 5.76. The lowest BCUT2D eigenvalue weighted by atomic mass is 10.3. The van der Waals surface area contributed by atoms with E-state index in [1.807, 2.05) is 42.8 Å². The summed E-state index contributed by atoms with van der Waals surface area (Å²) in [6, 6.07) is 7.91. The summed E-state index contributed by atoms with van der Waals surface area (Å²) >= 11 is 1.39. The van der Waals surface area contributed by atoms with Crippen molar-refractivity contribution < 1.29 is 4.79 Å². The van der Waals surface area contributed by atoms with Crippen molar-refractivity contribution in [2.24, 2.45) is 7.05 Å². The van der Waals surface area contributed by atoms with Gasteiger partial charge in [-0.2, -0.15) is 0 Å². The maximum atomic E-state index is 11.9. The summed E-state index contributed by atoms with van der Waals surface area (Å²) in [5.41, 5.74) is 2.40. The van der Waals surface area contributed by atoms with Crippen LogP contribution in [-0.4, -0.2) is 27.0 Å². The Morgan fingerprint density at radius 1 is 1.32 bits per heavy atom. The average molecular weight is 315 g/mol. The summed E-state index contributed by atoms with van der Waals surface area (Å²) in [4.78, 5) is 20.7. The molecule has 0 atom stereocenters. The highest BCUT2D eigenvalue weighted by atomic mass is 32.1. The van der Waals surface area contributed by atoms with E-state index in [-0.39, 0.29) is 5.91 Å². The van der Waals surface area contributed by atoms with Crippen LogP contribution in [0.15, 0.2) is 29.6 Å². The first-order valence-electron chi connectivity index (χ1n) is 7.11. The van der Waals surface area contributed by atoms with Crippen molar-refractivity contribution in [3.05, 3.63) is 35.3 Å². The van der Waals surface area contributed by atoms with Crippen molar-refractivity contribution in [3.8, 4) is 0 Å². The van der Waals surface area contributed by atoms with Gasteiger partial charge in [-0.05, 0) is 18.6 Å². The minimum absolute atomic E-state index is 0.142. The normalized spacial score (nSPS) is 10.8. The number of rotatable bonds is 5. The topological polar surface area (TPSA) is 71.8 Å². The monoisotopic (exact) mass is 315 g/mol. The van der Waals surface area contributed by atoms with Crippen LogP contribution in [0.4, 0.5) is 11.1 Å². The first kappa shape index (κ1) is 14.5. The zero-order valence-electron chi connectivity index (χ0n) is 12.5. The van der Waals surface area contributed by atoms with Gasteiger partial charge >= 0.3 is 0 Å². The number of imidazole rings is 1. The molecule has 0 radical (unpaired) electrons. The van der Waals surface area contributed by atoms with Gasteiger partial charge in [0.1, 0.15) is 5.69 Å². The molecule has 0 saturated carbocycles. The quantitative estimate of drug-likeness (QED) is 0.759. The third-order valence-electron chi connectivity index (χ3n) is 3.28. The lowest BCUT2D eigenvalue weighted by Gasteiger charge is -2.02. The fraction of sp³-hybridized carbons (Fsp3) is 0.267. The van der Waals surface area contributed by atoms with E-state index in [0.717, 1.165) is 17.5 Å². The van der Waals surface area contributed by atoms with Gasteiger partial charge in [-0.25, -0.2) is 9.97 Å². The standard InChI is InChI=1S/C15H17N5OS/c1-3-8-16-13(21)11-9-22-15(18-11)19-14-17-10-6-4-5-7-12(10)20(14)2/h4-7,9H,3,8H2,1-2H3,(H,16,21)(H,17,18,19). The smallest absolute Gasteiger partial charge is 0.270 e. The highest BCUT2D eigenvalue weighted by Crippen LogP contribution is 2.23. The fourth-order valence-electron chi connectivity index (χ4n) is 2.12. The van der Waals surface area contributed by atoms with Crippen LogP contribution in [0.1, 0.15) is 23.8 Å². The number of amides is 1. The molecule has 0 saturated heterocycles. The van der Waals surface area contributed by atoms with Crippen molar-refractivity contribution in [1.29, 1.82) is 0 Å². The number of carbonyl (C=O) groups excluding carboxylic acids is 1. The maximum absolute atomic E-state index is 11.9. The van der Waals surface area contributed by atoms with E-state index < -0.39 is 0 Å². The zero-order valence-corrected chi connectivity index (χ0v) is 13.3. The van der Waals surface area contributed by atoms with E-state index in [1.54, 1.807) is 5.38 Å². The van der Waals surface area contributed by atoms with Crippen LogP contribution in [-0.2, 0) is 7.05 Å². The number of fused-ring (bicyclic) bond motifs is 1. The molecule has 3 rings (SSSR count). The number of aryl methyl sites for hydroxylation is 1. The second kappa shape index (κ2) is 6.15. The van der Waals surface area contributed by atoms with Gasteiger partial charge < -0.3 is 15.2 Å². The zero-order chi connectivity index (χ0) is 15.5. The molecule has 0 fully saturated rings. The van der Waals surface area contributed by atoms with Gasteiger partial charge in [0.05, 0.1) is 11.0 Å². The van der Waals surface area contributed by atoms with Crippen LogP contribution in [0.5, 0.6) is 0 Å². The molecule has 0 aliphatic heterocycles. The van der Waals surface area contributed by atoms with Crippen LogP contribution in [0, 0.1) is 0 Å². The van der Waals surface area contributed by atoms with Gasteiger partial charge in [-0.1, -0.05) is 19.1 Å². The van der Waals surface area contributed by atoms with Crippen molar-refractivity contribution in [3.63, 3.8) is 0 Å². The molecule has 2 N–H and O–H groups in total. The van der Waals surface area contributed by atoms with Gasteiger partial charge in [0.2, 0.25) is 5.95 Å². The minimum Gasteiger partial charge on any atom is -0.351 e. The van der Waals surface area contributed by atoms with Crippen molar-refractivity contribution in [1.82, 2.24) is 19.9 Å². The molecule has 1 aromatic carbocycles. The largest absolute Gasteiger partial charge is 0.351 e. The lowest BCUT2D eigenvalue weighted by molar-refractivity contribution is 0.0949. The number of anilines is 2. The first-order chi connectivity index (χ1) is 10.7. The van der Waals surface area contributed by atoms with Crippen molar-refractivity contribution >= 4 is 39.4 Å². The van der Waals surface area contributed by atoms with Gasteiger partial charge in [0.15, 0.2) is 5.13 Å². The molecule has 2 aromatic heterocycles. The van der Waals surface area contributed by atoms with Crippen molar-refractivity contribution in [2.45, 2.75) is 13.3 Å². The third kappa shape index (κ3) is 2.80. The summed E-state index contributed by atoms with van der Waals surface area (Å²) in [6.45, 7) is 2.67. The van der Waals surface area contributed by atoms with Crippen LogP contribution in [0.25, 0.3) is 11.0 Å².